The quantitative estimate of drug-likeness (QED) is 0.235. The van der Waals surface area contributed by atoms with Gasteiger partial charge in [0, 0.05) is 0 Å². The first-order valence-electron chi connectivity index (χ1n) is 7.33. The van der Waals surface area contributed by atoms with Crippen molar-refractivity contribution in [3.8, 4) is 11.1 Å². The van der Waals surface area contributed by atoms with Crippen LogP contribution < -0.4 is 108 Å². The average molecular weight is 447 g/mol. The molecule has 0 N–H and O–H groups in total. The van der Waals surface area contributed by atoms with Crippen LogP contribution in [0.2, 0.25) is 0 Å². The molecule has 0 heterocycles. The third-order valence-electron chi connectivity index (χ3n) is 3.52. The van der Waals surface area contributed by atoms with Crippen LogP contribution in [-0.4, -0.2) is 18.4 Å². The first-order chi connectivity index (χ1) is 11.4. The maximum absolute atomic E-state index is 11.0. The van der Waals surface area contributed by atoms with Crippen LogP contribution in [0.25, 0.3) is 11.1 Å². The average Bonchev–Trinajstić information content (AvgIpc) is 2.54. The van der Waals surface area contributed by atoms with Crippen molar-refractivity contribution in [2.75, 3.05) is 0 Å². The summed E-state index contributed by atoms with van der Waals surface area (Å²) < 4.78 is 47.6. The number of benzene rings is 2. The predicted molar refractivity (Wildman–Crippen MR) is 88.4 cm³/mol. The Bertz CT molecular complexity index is 784. The van der Waals surface area contributed by atoms with Gasteiger partial charge in [-0.15, -0.1) is 0 Å². The van der Waals surface area contributed by atoms with Gasteiger partial charge in [-0.2, -0.15) is 0 Å². The van der Waals surface area contributed by atoms with E-state index in [9.17, 15) is 22.4 Å². The Kier molecular flexibility index (Phi) is 14.8. The van der Waals surface area contributed by atoms with Gasteiger partial charge in [0.05, 0.1) is 0 Å². The number of hydrogen-bond acceptors (Lipinski definition) is 6. The Labute approximate surface area is 239 Å². The van der Waals surface area contributed by atoms with Gasteiger partial charge in [-0.1, -0.05) is 54.6 Å². The van der Waals surface area contributed by atoms with Crippen molar-refractivity contribution in [1.82, 2.24) is 0 Å². The van der Waals surface area contributed by atoms with Crippen molar-refractivity contribution < 1.29 is 130 Å². The predicted octanol–water partition coefficient (Wildman–Crippen LogP) is -3.68. The largest absolute Gasteiger partial charge is 1.00 e. The van der Waals surface area contributed by atoms with Crippen molar-refractivity contribution in [3.63, 3.8) is 0 Å². The molecule has 0 bridgehead atoms. The first kappa shape index (κ1) is 27.8. The summed E-state index contributed by atoms with van der Waals surface area (Å²) in [4.78, 5) is 10.5. The third kappa shape index (κ3) is 10.00. The van der Waals surface area contributed by atoms with Crippen LogP contribution in [0, 0.1) is 0 Å². The molecule has 2 atom stereocenters. The summed E-state index contributed by atoms with van der Waals surface area (Å²) in [6.45, 7) is 0. The topological polar surface area (TPSA) is 107 Å². The molecule has 0 saturated carbocycles. The summed E-state index contributed by atoms with van der Waals surface area (Å²) in [6.07, 6.45) is 0.682. The second kappa shape index (κ2) is 13.9. The zero-order valence-corrected chi connectivity index (χ0v) is 22.8. The van der Waals surface area contributed by atoms with E-state index in [4.69, 9.17) is 0 Å². The van der Waals surface area contributed by atoms with E-state index in [1.807, 2.05) is 54.6 Å². The van der Waals surface area contributed by atoms with E-state index < -0.39 is 23.8 Å². The van der Waals surface area contributed by atoms with Gasteiger partial charge in [0.2, 0.25) is 0 Å². The second-order valence-electron chi connectivity index (χ2n) is 5.25. The SMILES string of the molecule is O=[PH]([O-])OC(CCCc1ccc(-c2ccccc2)cc1)S(=O)(=O)[O-].[K+].[K+]. The minimum atomic E-state index is -4.80. The molecule has 0 aromatic heterocycles. The molecule has 2 rings (SSSR count). The molecule has 0 radical (unpaired) electrons. The van der Waals surface area contributed by atoms with Crippen molar-refractivity contribution in [2.45, 2.75) is 24.7 Å². The molecule has 0 spiro atoms. The van der Waals surface area contributed by atoms with Crippen molar-refractivity contribution in [1.29, 1.82) is 0 Å². The van der Waals surface area contributed by atoms with Crippen LogP contribution in [0.5, 0.6) is 0 Å². The van der Waals surface area contributed by atoms with E-state index in [1.54, 1.807) is 0 Å². The Hall–Kier alpha value is 1.77. The molecule has 10 heteroatoms. The molecule has 6 nitrogen and oxygen atoms in total. The van der Waals surface area contributed by atoms with E-state index in [-0.39, 0.29) is 109 Å². The Morgan fingerprint density at radius 2 is 1.50 bits per heavy atom. The van der Waals surface area contributed by atoms with Gasteiger partial charge < -0.3 is 18.5 Å². The number of rotatable bonds is 8. The van der Waals surface area contributed by atoms with E-state index in [0.29, 0.717) is 12.8 Å². The maximum atomic E-state index is 11.0. The van der Waals surface area contributed by atoms with Gasteiger partial charge >= 0.3 is 103 Å². The van der Waals surface area contributed by atoms with E-state index >= 15 is 0 Å². The van der Waals surface area contributed by atoms with Crippen LogP contribution in [-0.2, 0) is 25.6 Å². The van der Waals surface area contributed by atoms with Gasteiger partial charge in [0.25, 0.3) is 0 Å². The molecule has 0 aliphatic carbocycles. The molecule has 2 aromatic carbocycles. The third-order valence-corrected chi connectivity index (χ3v) is 5.14. The molecule has 2 aromatic rings. The number of hydrogen-bond donors (Lipinski definition) is 0. The van der Waals surface area contributed by atoms with Crippen molar-refractivity contribution in [2.24, 2.45) is 0 Å². The molecule has 2 unspecified atom stereocenters. The van der Waals surface area contributed by atoms with Crippen molar-refractivity contribution >= 4 is 18.4 Å². The molecule has 130 valence electrons. The minimum Gasteiger partial charge on any atom is -0.781 e. The number of aryl methyl sites for hydroxylation is 1. The maximum Gasteiger partial charge on any atom is 1.00 e. The van der Waals surface area contributed by atoms with Gasteiger partial charge in [-0.25, -0.2) is 8.42 Å². The zero-order chi connectivity index (χ0) is 17.6. The van der Waals surface area contributed by atoms with Crippen LogP contribution >= 0.6 is 8.25 Å². The first-order valence-corrected chi connectivity index (χ1v) is 10.0. The fraction of sp³-hybridized carbons (Fsp3) is 0.250. The Balaban J connectivity index is 0.00000312. The standard InChI is InChI=1S/C16H19O6PS.2K/c17-23(18)22-16(24(19,20)21)8-4-5-13-9-11-15(12-10-13)14-6-2-1-3-7-14;;/h1-3,6-7,9-12,16,23H,4-5,8H2,(H,17,18)(H,19,20,21);;/q;2*+1/p-2. The summed E-state index contributed by atoms with van der Waals surface area (Å²) in [7, 11) is -8.53. The van der Waals surface area contributed by atoms with E-state index in [2.05, 4.69) is 4.52 Å². The smallest absolute Gasteiger partial charge is 0.781 e. The van der Waals surface area contributed by atoms with Gasteiger partial charge in [0.1, 0.15) is 18.4 Å². The summed E-state index contributed by atoms with van der Waals surface area (Å²) >= 11 is 0. The van der Waals surface area contributed by atoms with Crippen LogP contribution in [0.4, 0.5) is 0 Å². The second-order valence-corrected chi connectivity index (χ2v) is 7.49. The van der Waals surface area contributed by atoms with Crippen LogP contribution in [0.15, 0.2) is 54.6 Å². The van der Waals surface area contributed by atoms with Crippen LogP contribution in [0.3, 0.4) is 0 Å². The van der Waals surface area contributed by atoms with Crippen LogP contribution in [0.1, 0.15) is 18.4 Å². The molecular formula is C16H17K2O6PS. The summed E-state index contributed by atoms with van der Waals surface area (Å²) in [5.74, 6) is 0. The van der Waals surface area contributed by atoms with Gasteiger partial charge in [-0.05, 0) is 36.0 Å². The normalized spacial score (nSPS) is 13.2. The molecular weight excluding hydrogens is 429 g/mol. The minimum absolute atomic E-state index is 0. The zero-order valence-electron chi connectivity index (χ0n) is 14.8. The summed E-state index contributed by atoms with van der Waals surface area (Å²) in [6, 6.07) is 17.6. The molecule has 0 amide bonds. The monoisotopic (exact) mass is 446 g/mol. The van der Waals surface area contributed by atoms with Gasteiger partial charge in [-0.3, -0.25) is 0 Å². The van der Waals surface area contributed by atoms with Gasteiger partial charge in [0.15, 0.2) is 5.44 Å². The summed E-state index contributed by atoms with van der Waals surface area (Å²) in [5, 5.41) is 0. The molecule has 0 fully saturated rings. The summed E-state index contributed by atoms with van der Waals surface area (Å²) in [5.41, 5.74) is 1.28. The fourth-order valence-electron chi connectivity index (χ4n) is 2.34. The van der Waals surface area contributed by atoms with Crippen molar-refractivity contribution in [3.05, 3.63) is 60.2 Å². The van der Waals surface area contributed by atoms with E-state index in [1.165, 1.54) is 0 Å². The fourth-order valence-corrected chi connectivity index (χ4v) is 3.83. The molecule has 26 heavy (non-hydrogen) atoms. The Morgan fingerprint density at radius 1 is 0.962 bits per heavy atom. The molecule has 0 aliphatic rings. The molecule has 0 saturated heterocycles. The Morgan fingerprint density at radius 3 is 2.00 bits per heavy atom. The molecule has 0 aliphatic heterocycles. The van der Waals surface area contributed by atoms with E-state index in [0.717, 1.165) is 16.7 Å².